The lowest BCUT2D eigenvalue weighted by Crippen LogP contribution is -2.24. The molecule has 1 N–H and O–H groups in total. The molecular formula is C20H23N3O. The molecule has 1 heterocycles. The van der Waals surface area contributed by atoms with Crippen molar-refractivity contribution in [1.82, 2.24) is 14.9 Å². The van der Waals surface area contributed by atoms with Crippen molar-refractivity contribution in [3.63, 3.8) is 0 Å². The number of imidazole rings is 1. The van der Waals surface area contributed by atoms with Crippen LogP contribution in [0.25, 0.3) is 11.0 Å². The van der Waals surface area contributed by atoms with E-state index >= 15 is 0 Å². The van der Waals surface area contributed by atoms with E-state index in [1.54, 1.807) is 0 Å². The van der Waals surface area contributed by atoms with Crippen molar-refractivity contribution in [1.29, 1.82) is 0 Å². The highest BCUT2D eigenvalue weighted by atomic mass is 16.1. The number of para-hydroxylation sites is 2. The van der Waals surface area contributed by atoms with E-state index in [9.17, 15) is 4.79 Å². The Morgan fingerprint density at radius 3 is 2.62 bits per heavy atom. The van der Waals surface area contributed by atoms with Crippen molar-refractivity contribution >= 4 is 16.9 Å². The second-order valence-corrected chi connectivity index (χ2v) is 6.12. The molecule has 24 heavy (non-hydrogen) atoms. The number of nitrogens with zero attached hydrogens (tertiary/aromatic N) is 2. The first-order chi connectivity index (χ1) is 11.7. The van der Waals surface area contributed by atoms with E-state index < -0.39 is 0 Å². The summed E-state index contributed by atoms with van der Waals surface area (Å²) in [7, 11) is 0. The minimum atomic E-state index is 0.0754. The average molecular weight is 321 g/mol. The van der Waals surface area contributed by atoms with Crippen LogP contribution in [0.15, 0.2) is 48.5 Å². The van der Waals surface area contributed by atoms with Crippen LogP contribution in [0.3, 0.4) is 0 Å². The van der Waals surface area contributed by atoms with Gasteiger partial charge in [-0.25, -0.2) is 4.98 Å². The number of hydrogen-bond donors (Lipinski definition) is 1. The summed E-state index contributed by atoms with van der Waals surface area (Å²) in [5.41, 5.74) is 4.54. The molecule has 2 aromatic carbocycles. The molecule has 4 heteroatoms. The van der Waals surface area contributed by atoms with E-state index in [4.69, 9.17) is 4.98 Å². The topological polar surface area (TPSA) is 46.9 Å². The first kappa shape index (κ1) is 16.2. The first-order valence-electron chi connectivity index (χ1n) is 8.43. The molecule has 0 saturated carbocycles. The Morgan fingerprint density at radius 2 is 1.88 bits per heavy atom. The Hall–Kier alpha value is -2.62. The van der Waals surface area contributed by atoms with E-state index in [1.165, 1.54) is 11.1 Å². The lowest BCUT2D eigenvalue weighted by molar-refractivity contribution is -0.121. The third kappa shape index (κ3) is 3.65. The molecule has 0 atom stereocenters. The van der Waals surface area contributed by atoms with Gasteiger partial charge in [-0.15, -0.1) is 0 Å². The van der Waals surface area contributed by atoms with Gasteiger partial charge in [0.05, 0.1) is 17.6 Å². The molecule has 0 radical (unpaired) electrons. The van der Waals surface area contributed by atoms with Gasteiger partial charge >= 0.3 is 0 Å². The first-order valence-corrected chi connectivity index (χ1v) is 8.43. The SMILES string of the molecule is CCCC(=O)NCc1nc2ccccc2n1Cc1ccc(C)cc1. The number of amides is 1. The van der Waals surface area contributed by atoms with E-state index in [1.807, 2.05) is 25.1 Å². The summed E-state index contributed by atoms with van der Waals surface area (Å²) in [5, 5.41) is 2.97. The lowest BCUT2D eigenvalue weighted by Gasteiger charge is -2.10. The zero-order chi connectivity index (χ0) is 16.9. The smallest absolute Gasteiger partial charge is 0.220 e. The molecule has 0 spiro atoms. The van der Waals surface area contributed by atoms with E-state index in [2.05, 4.69) is 47.1 Å². The molecule has 0 saturated heterocycles. The van der Waals surface area contributed by atoms with Crippen LogP contribution in [0.4, 0.5) is 0 Å². The molecule has 0 fully saturated rings. The van der Waals surface area contributed by atoms with Gasteiger partial charge in [-0.05, 0) is 31.0 Å². The third-order valence-electron chi connectivity index (χ3n) is 4.12. The largest absolute Gasteiger partial charge is 0.349 e. The molecular weight excluding hydrogens is 298 g/mol. The normalized spacial score (nSPS) is 10.9. The van der Waals surface area contributed by atoms with Gasteiger partial charge in [0, 0.05) is 13.0 Å². The molecule has 1 amide bonds. The summed E-state index contributed by atoms with van der Waals surface area (Å²) in [6.45, 7) is 5.30. The van der Waals surface area contributed by atoms with Crippen molar-refractivity contribution in [2.45, 2.75) is 39.8 Å². The van der Waals surface area contributed by atoms with Gasteiger partial charge in [0.15, 0.2) is 0 Å². The lowest BCUT2D eigenvalue weighted by atomic mass is 10.1. The van der Waals surface area contributed by atoms with Crippen LogP contribution in [0.1, 0.15) is 36.7 Å². The number of benzene rings is 2. The van der Waals surface area contributed by atoms with E-state index in [-0.39, 0.29) is 5.91 Å². The minimum Gasteiger partial charge on any atom is -0.349 e. The molecule has 0 aliphatic carbocycles. The Balaban J connectivity index is 1.89. The summed E-state index contributed by atoms with van der Waals surface area (Å²) >= 11 is 0. The summed E-state index contributed by atoms with van der Waals surface area (Å²) < 4.78 is 2.19. The van der Waals surface area contributed by atoms with Crippen molar-refractivity contribution in [3.05, 3.63) is 65.5 Å². The highest BCUT2D eigenvalue weighted by Gasteiger charge is 2.11. The van der Waals surface area contributed by atoms with Crippen molar-refractivity contribution in [2.75, 3.05) is 0 Å². The number of hydrogen-bond acceptors (Lipinski definition) is 2. The zero-order valence-corrected chi connectivity index (χ0v) is 14.2. The summed E-state index contributed by atoms with van der Waals surface area (Å²) in [6.07, 6.45) is 1.41. The van der Waals surface area contributed by atoms with Crippen LogP contribution in [-0.4, -0.2) is 15.5 Å². The quantitative estimate of drug-likeness (QED) is 0.750. The van der Waals surface area contributed by atoms with Crippen molar-refractivity contribution in [3.8, 4) is 0 Å². The van der Waals surface area contributed by atoms with Crippen LogP contribution in [0.5, 0.6) is 0 Å². The van der Waals surface area contributed by atoms with Crippen LogP contribution >= 0.6 is 0 Å². The fraction of sp³-hybridized carbons (Fsp3) is 0.300. The van der Waals surface area contributed by atoms with Crippen LogP contribution in [0.2, 0.25) is 0 Å². The standard InChI is InChI=1S/C20H23N3O/c1-3-6-20(24)21-13-19-22-17-7-4-5-8-18(17)23(19)14-16-11-9-15(2)10-12-16/h4-5,7-12H,3,6,13-14H2,1-2H3,(H,21,24). The highest BCUT2D eigenvalue weighted by molar-refractivity contribution is 5.77. The Kier molecular flexibility index (Phi) is 4.94. The molecule has 4 nitrogen and oxygen atoms in total. The molecule has 0 bridgehead atoms. The van der Waals surface area contributed by atoms with Gasteiger partial charge in [-0.3, -0.25) is 4.79 Å². The van der Waals surface area contributed by atoms with Crippen molar-refractivity contribution < 1.29 is 4.79 Å². The second-order valence-electron chi connectivity index (χ2n) is 6.12. The summed E-state index contributed by atoms with van der Waals surface area (Å²) in [4.78, 5) is 16.5. The van der Waals surface area contributed by atoms with Crippen molar-refractivity contribution in [2.24, 2.45) is 0 Å². The summed E-state index contributed by atoms with van der Waals surface area (Å²) in [5.74, 6) is 0.965. The third-order valence-corrected chi connectivity index (χ3v) is 4.12. The summed E-state index contributed by atoms with van der Waals surface area (Å²) in [6, 6.07) is 16.6. The number of aromatic nitrogens is 2. The van der Waals surface area contributed by atoms with Gasteiger partial charge in [0.1, 0.15) is 5.82 Å². The Bertz CT molecular complexity index is 834. The molecule has 3 aromatic rings. The predicted octanol–water partition coefficient (Wildman–Crippen LogP) is 3.81. The highest BCUT2D eigenvalue weighted by Crippen LogP contribution is 2.18. The number of nitrogens with one attached hydrogen (secondary N) is 1. The number of rotatable bonds is 6. The molecule has 3 rings (SSSR count). The molecule has 0 aliphatic heterocycles. The fourth-order valence-corrected chi connectivity index (χ4v) is 2.81. The second kappa shape index (κ2) is 7.30. The molecule has 1 aromatic heterocycles. The number of fused-ring (bicyclic) bond motifs is 1. The Labute approximate surface area is 142 Å². The van der Waals surface area contributed by atoms with Gasteiger partial charge < -0.3 is 9.88 Å². The van der Waals surface area contributed by atoms with E-state index in [0.717, 1.165) is 29.8 Å². The molecule has 0 unspecified atom stereocenters. The fourth-order valence-electron chi connectivity index (χ4n) is 2.81. The number of carbonyl (C=O) groups excluding carboxylic acids is 1. The predicted molar refractivity (Wildman–Crippen MR) is 96.8 cm³/mol. The van der Waals surface area contributed by atoms with Gasteiger partial charge in [0.2, 0.25) is 5.91 Å². The van der Waals surface area contributed by atoms with Crippen LogP contribution in [0, 0.1) is 6.92 Å². The number of aryl methyl sites for hydroxylation is 1. The Morgan fingerprint density at radius 1 is 1.12 bits per heavy atom. The van der Waals surface area contributed by atoms with Gasteiger partial charge in [0.25, 0.3) is 0 Å². The monoisotopic (exact) mass is 321 g/mol. The maximum absolute atomic E-state index is 11.8. The maximum Gasteiger partial charge on any atom is 0.220 e. The van der Waals surface area contributed by atoms with Gasteiger partial charge in [-0.2, -0.15) is 0 Å². The zero-order valence-electron chi connectivity index (χ0n) is 14.2. The van der Waals surface area contributed by atoms with Crippen LogP contribution in [-0.2, 0) is 17.9 Å². The number of carbonyl (C=O) groups is 1. The average Bonchev–Trinajstić information content (AvgIpc) is 2.93. The molecule has 124 valence electrons. The van der Waals surface area contributed by atoms with Crippen LogP contribution < -0.4 is 5.32 Å². The maximum atomic E-state index is 11.8. The molecule has 0 aliphatic rings. The van der Waals surface area contributed by atoms with Gasteiger partial charge in [-0.1, -0.05) is 48.9 Å². The minimum absolute atomic E-state index is 0.0754. The van der Waals surface area contributed by atoms with E-state index in [0.29, 0.717) is 13.0 Å².